The monoisotopic (exact) mass is 492 g/mol. The lowest BCUT2D eigenvalue weighted by atomic mass is 10.1. The summed E-state index contributed by atoms with van der Waals surface area (Å²) < 4.78 is 29.0. The first kappa shape index (κ1) is 24.7. The molecular weight excluding hydrogens is 468 g/mol. The van der Waals surface area contributed by atoms with Gasteiger partial charge in [0.15, 0.2) is 16.4 Å². The topological polar surface area (TPSA) is 110 Å². The van der Waals surface area contributed by atoms with E-state index >= 15 is 0 Å². The van der Waals surface area contributed by atoms with Crippen LogP contribution in [0.4, 0.5) is 0 Å². The molecule has 10 heteroatoms. The van der Waals surface area contributed by atoms with E-state index in [1.54, 1.807) is 18.2 Å². The quantitative estimate of drug-likeness (QED) is 0.566. The Morgan fingerprint density at radius 1 is 1.12 bits per heavy atom. The van der Waals surface area contributed by atoms with Crippen LogP contribution in [0.2, 0.25) is 5.02 Å². The van der Waals surface area contributed by atoms with Gasteiger partial charge in [-0.15, -0.1) is 0 Å². The number of nitrogens with one attached hydrogen (secondary N) is 1. The van der Waals surface area contributed by atoms with Gasteiger partial charge >= 0.3 is 5.97 Å². The van der Waals surface area contributed by atoms with Crippen molar-refractivity contribution in [1.29, 1.82) is 0 Å². The summed E-state index contributed by atoms with van der Waals surface area (Å²) in [5.74, 6) is -1.94. The molecule has 0 aliphatic carbocycles. The summed E-state index contributed by atoms with van der Waals surface area (Å²) in [5, 5.41) is 2.74. The summed E-state index contributed by atoms with van der Waals surface area (Å²) in [5.41, 5.74) is 1.05. The van der Waals surface area contributed by atoms with E-state index in [-0.39, 0.29) is 28.6 Å². The van der Waals surface area contributed by atoms with Crippen molar-refractivity contribution in [2.24, 2.45) is 0 Å². The third-order valence-electron chi connectivity index (χ3n) is 5.32. The van der Waals surface area contributed by atoms with Crippen molar-refractivity contribution >= 4 is 39.2 Å². The molecule has 1 aliphatic heterocycles. The highest BCUT2D eigenvalue weighted by Crippen LogP contribution is 2.20. The molecule has 0 radical (unpaired) electrons. The van der Waals surface area contributed by atoms with Crippen molar-refractivity contribution < 1.29 is 27.5 Å². The second-order valence-electron chi connectivity index (χ2n) is 7.85. The normalized spacial score (nSPS) is 17.7. The Morgan fingerprint density at radius 2 is 1.79 bits per heavy atom. The Labute approximate surface area is 197 Å². The predicted molar refractivity (Wildman–Crippen MR) is 123 cm³/mol. The predicted octanol–water partition coefficient (Wildman–Crippen LogP) is 2.22. The number of hydrogen-bond donors (Lipinski definition) is 1. The molecule has 2 atom stereocenters. The largest absolute Gasteiger partial charge is 0.454 e. The number of sulfone groups is 1. The average molecular weight is 493 g/mol. The van der Waals surface area contributed by atoms with Crippen molar-refractivity contribution in [1.82, 2.24) is 10.2 Å². The molecule has 2 amide bonds. The first-order valence-corrected chi connectivity index (χ1v) is 12.6. The molecule has 8 nitrogen and oxygen atoms in total. The minimum absolute atomic E-state index is 0.0150. The molecule has 1 heterocycles. The van der Waals surface area contributed by atoms with Crippen molar-refractivity contribution in [3.63, 3.8) is 0 Å². The lowest BCUT2D eigenvalue weighted by Gasteiger charge is -2.28. The summed E-state index contributed by atoms with van der Waals surface area (Å²) >= 11 is 6.00. The van der Waals surface area contributed by atoms with Crippen LogP contribution in [0.25, 0.3) is 0 Å². The number of carbonyl (C=O) groups is 3. The van der Waals surface area contributed by atoms with E-state index in [9.17, 15) is 22.8 Å². The number of ether oxygens (including phenoxy) is 1. The molecule has 2 aromatic carbocycles. The highest BCUT2D eigenvalue weighted by Gasteiger charge is 2.35. The van der Waals surface area contributed by atoms with Gasteiger partial charge in [-0.05, 0) is 31.0 Å². The smallest absolute Gasteiger partial charge is 0.328 e. The molecule has 1 N–H and O–H groups in total. The van der Waals surface area contributed by atoms with E-state index in [0.29, 0.717) is 6.42 Å². The number of hydrogen-bond acceptors (Lipinski definition) is 6. The van der Waals surface area contributed by atoms with Gasteiger partial charge in [0.1, 0.15) is 6.04 Å². The van der Waals surface area contributed by atoms with Gasteiger partial charge in [0.05, 0.1) is 22.1 Å². The molecular formula is C23H25ClN2O6S. The Bertz CT molecular complexity index is 1120. The zero-order chi connectivity index (χ0) is 24.0. The molecule has 3 rings (SSSR count). The maximum atomic E-state index is 12.9. The lowest BCUT2D eigenvalue weighted by molar-refractivity contribution is -0.154. The van der Waals surface area contributed by atoms with Crippen LogP contribution in [-0.2, 0) is 30.7 Å². The van der Waals surface area contributed by atoms with Crippen molar-refractivity contribution in [3.8, 4) is 0 Å². The molecule has 1 aliphatic rings. The molecule has 0 bridgehead atoms. The SMILES string of the molecule is C[C@H](NC(=O)c1ccccc1Cl)C(=O)OCC(=O)N(Cc1ccccc1)[C@@H]1CCS(=O)(=O)C1. The average Bonchev–Trinajstić information content (AvgIpc) is 3.15. The summed E-state index contributed by atoms with van der Waals surface area (Å²) in [6.45, 7) is 1.08. The molecule has 0 saturated carbocycles. The summed E-state index contributed by atoms with van der Waals surface area (Å²) in [7, 11) is -3.21. The number of rotatable bonds is 8. The number of nitrogens with zero attached hydrogens (tertiary/aromatic N) is 1. The highest BCUT2D eigenvalue weighted by atomic mass is 35.5. The Kier molecular flexibility index (Phi) is 8.10. The number of benzene rings is 2. The first-order valence-electron chi connectivity index (χ1n) is 10.4. The van der Waals surface area contributed by atoms with Gasteiger partial charge in [0, 0.05) is 12.6 Å². The van der Waals surface area contributed by atoms with E-state index < -0.39 is 46.3 Å². The number of esters is 1. The van der Waals surface area contributed by atoms with Crippen LogP contribution < -0.4 is 5.32 Å². The van der Waals surface area contributed by atoms with Crippen LogP contribution in [0.1, 0.15) is 29.3 Å². The molecule has 1 saturated heterocycles. The van der Waals surface area contributed by atoms with E-state index in [0.717, 1.165) is 5.56 Å². The molecule has 33 heavy (non-hydrogen) atoms. The molecule has 0 aromatic heterocycles. The second kappa shape index (κ2) is 10.8. The van der Waals surface area contributed by atoms with Crippen molar-refractivity contribution in [2.45, 2.75) is 32.0 Å². The Hall–Kier alpha value is -2.91. The molecule has 0 unspecified atom stereocenters. The van der Waals surface area contributed by atoms with Gasteiger partial charge in [-0.3, -0.25) is 9.59 Å². The maximum Gasteiger partial charge on any atom is 0.328 e. The highest BCUT2D eigenvalue weighted by molar-refractivity contribution is 7.91. The van der Waals surface area contributed by atoms with Gasteiger partial charge in [-0.25, -0.2) is 13.2 Å². The van der Waals surface area contributed by atoms with Gasteiger partial charge < -0.3 is 15.0 Å². The van der Waals surface area contributed by atoms with Crippen LogP contribution in [0.3, 0.4) is 0 Å². The van der Waals surface area contributed by atoms with E-state index in [4.69, 9.17) is 16.3 Å². The molecule has 1 fully saturated rings. The minimum atomic E-state index is -3.21. The third kappa shape index (κ3) is 6.79. The van der Waals surface area contributed by atoms with E-state index in [2.05, 4.69) is 5.32 Å². The van der Waals surface area contributed by atoms with Gasteiger partial charge in [0.25, 0.3) is 11.8 Å². The van der Waals surface area contributed by atoms with Gasteiger partial charge in [-0.2, -0.15) is 0 Å². The van der Waals surface area contributed by atoms with Gasteiger partial charge in [0.2, 0.25) is 0 Å². The molecule has 176 valence electrons. The summed E-state index contributed by atoms with van der Waals surface area (Å²) in [4.78, 5) is 39.1. The molecule has 0 spiro atoms. The van der Waals surface area contributed by atoms with Crippen LogP contribution in [0.5, 0.6) is 0 Å². The Balaban J connectivity index is 1.61. The van der Waals surface area contributed by atoms with Gasteiger partial charge in [-0.1, -0.05) is 54.1 Å². The van der Waals surface area contributed by atoms with E-state index in [1.807, 2.05) is 30.3 Å². The van der Waals surface area contributed by atoms with Crippen LogP contribution in [0, 0.1) is 0 Å². The van der Waals surface area contributed by atoms with Crippen molar-refractivity contribution in [3.05, 3.63) is 70.7 Å². The fourth-order valence-electron chi connectivity index (χ4n) is 3.54. The fourth-order valence-corrected chi connectivity index (χ4v) is 5.49. The Morgan fingerprint density at radius 3 is 2.42 bits per heavy atom. The van der Waals surface area contributed by atoms with E-state index in [1.165, 1.54) is 17.9 Å². The molecule has 2 aromatic rings. The lowest BCUT2D eigenvalue weighted by Crippen LogP contribution is -2.44. The third-order valence-corrected chi connectivity index (χ3v) is 7.40. The number of amides is 2. The fraction of sp³-hybridized carbons (Fsp3) is 0.348. The second-order valence-corrected chi connectivity index (χ2v) is 10.5. The van der Waals surface area contributed by atoms with Crippen LogP contribution in [-0.4, -0.2) is 61.3 Å². The summed E-state index contributed by atoms with van der Waals surface area (Å²) in [6.07, 6.45) is 0.332. The zero-order valence-electron chi connectivity index (χ0n) is 18.1. The minimum Gasteiger partial charge on any atom is -0.454 e. The van der Waals surface area contributed by atoms with Crippen molar-refractivity contribution in [2.75, 3.05) is 18.1 Å². The zero-order valence-corrected chi connectivity index (χ0v) is 19.6. The number of carbonyl (C=O) groups excluding carboxylic acids is 3. The number of halogens is 1. The standard InChI is InChI=1S/C23H25ClN2O6S/c1-16(25-22(28)19-9-5-6-10-20(19)24)23(29)32-14-21(27)26(13-17-7-3-2-4-8-17)18-11-12-33(30,31)15-18/h2-10,16,18H,11-15H2,1H3,(H,25,28)/t16-,18+/m0/s1. The van der Waals surface area contributed by atoms with Crippen LogP contribution >= 0.6 is 11.6 Å². The summed E-state index contributed by atoms with van der Waals surface area (Å²) in [6, 6.07) is 14.1. The maximum absolute atomic E-state index is 12.9. The first-order chi connectivity index (χ1) is 15.7. The van der Waals surface area contributed by atoms with Crippen LogP contribution in [0.15, 0.2) is 54.6 Å².